The molecule has 0 radical (unpaired) electrons. The van der Waals surface area contributed by atoms with Crippen LogP contribution in [-0.4, -0.2) is 36.1 Å². The van der Waals surface area contributed by atoms with E-state index in [1.165, 1.54) is 0 Å². The van der Waals surface area contributed by atoms with Crippen LogP contribution in [-0.2, 0) is 0 Å². The summed E-state index contributed by atoms with van der Waals surface area (Å²) in [6.07, 6.45) is 1.91. The van der Waals surface area contributed by atoms with Gasteiger partial charge in [-0.05, 0) is 54.7 Å². The third-order valence-corrected chi connectivity index (χ3v) is 7.36. The second-order valence-electron chi connectivity index (χ2n) is 8.80. The molecule has 0 saturated carbocycles. The number of allylic oxidation sites excluding steroid dienone is 2. The Labute approximate surface area is 230 Å². The summed E-state index contributed by atoms with van der Waals surface area (Å²) in [6.45, 7) is 1.07. The van der Waals surface area contributed by atoms with E-state index in [1.54, 1.807) is 48.5 Å². The Morgan fingerprint density at radius 2 is 1.84 bits per heavy atom. The van der Waals surface area contributed by atoms with Crippen molar-refractivity contribution in [2.45, 2.75) is 5.92 Å². The standard InChI is InChI=1S/C27H20Cl2N6OS/c1-35-10-9-18-20(12-30)24(33-26(37)34-25(36)16-5-3-2-4-6-16)27(14-31,15-32)23(21(18)13-35)19-8-7-17(28)11-22(19)29/h2-9,11,21,23H,10,13H2,1H3,(H2,33,34,36,37)/t21-,23-/m1/s1. The fraction of sp³-hybridized carbons (Fsp3) is 0.222. The lowest BCUT2D eigenvalue weighted by atomic mass is 9.58. The lowest BCUT2D eigenvalue weighted by Crippen LogP contribution is -2.51. The first kappa shape index (κ1) is 26.4. The minimum Gasteiger partial charge on any atom is -0.332 e. The molecule has 0 bridgehead atoms. The fourth-order valence-corrected chi connectivity index (χ4v) is 5.68. The molecule has 37 heavy (non-hydrogen) atoms. The summed E-state index contributed by atoms with van der Waals surface area (Å²) in [6, 6.07) is 19.9. The van der Waals surface area contributed by atoms with Gasteiger partial charge in [-0.1, -0.05) is 53.5 Å². The topological polar surface area (TPSA) is 116 Å². The van der Waals surface area contributed by atoms with Gasteiger partial charge < -0.3 is 10.2 Å². The molecule has 2 atom stereocenters. The van der Waals surface area contributed by atoms with Gasteiger partial charge in [-0.2, -0.15) is 15.8 Å². The number of nitriles is 3. The number of likely N-dealkylation sites (N-methyl/N-ethyl adjacent to an activating group) is 1. The van der Waals surface area contributed by atoms with Gasteiger partial charge in [-0.25, -0.2) is 0 Å². The third kappa shape index (κ3) is 4.83. The molecule has 2 aliphatic rings. The van der Waals surface area contributed by atoms with Crippen molar-refractivity contribution in [3.63, 3.8) is 0 Å². The number of carbonyl (C=O) groups excluding carboxylic acids is 1. The number of thiocarbonyl (C=S) groups is 1. The molecule has 1 heterocycles. The molecule has 1 aliphatic heterocycles. The van der Waals surface area contributed by atoms with Crippen molar-refractivity contribution >= 4 is 46.4 Å². The third-order valence-electron chi connectivity index (χ3n) is 6.60. The van der Waals surface area contributed by atoms with Gasteiger partial charge in [-0.15, -0.1) is 0 Å². The molecule has 10 heteroatoms. The summed E-state index contributed by atoms with van der Waals surface area (Å²) in [5, 5.41) is 37.3. The van der Waals surface area contributed by atoms with E-state index < -0.39 is 17.2 Å². The fourth-order valence-electron chi connectivity index (χ4n) is 4.96. The molecule has 2 aromatic carbocycles. The highest BCUT2D eigenvalue weighted by Crippen LogP contribution is 2.56. The van der Waals surface area contributed by atoms with Gasteiger partial charge in [0.2, 0.25) is 0 Å². The highest BCUT2D eigenvalue weighted by Gasteiger charge is 2.56. The predicted molar refractivity (Wildman–Crippen MR) is 144 cm³/mol. The van der Waals surface area contributed by atoms with Gasteiger partial charge in [0.15, 0.2) is 10.5 Å². The van der Waals surface area contributed by atoms with E-state index in [4.69, 9.17) is 35.4 Å². The zero-order valence-electron chi connectivity index (χ0n) is 19.6. The van der Waals surface area contributed by atoms with Gasteiger partial charge in [0.05, 0.1) is 23.4 Å². The van der Waals surface area contributed by atoms with Crippen molar-refractivity contribution in [3.8, 4) is 18.2 Å². The largest absolute Gasteiger partial charge is 0.332 e. The Balaban J connectivity index is 1.86. The number of hydrogen-bond acceptors (Lipinski definition) is 6. The molecular formula is C27H20Cl2N6OS. The van der Waals surface area contributed by atoms with E-state index >= 15 is 0 Å². The molecule has 2 aromatic rings. The molecule has 1 amide bonds. The second-order valence-corrected chi connectivity index (χ2v) is 10.1. The molecule has 1 aliphatic carbocycles. The van der Waals surface area contributed by atoms with Crippen LogP contribution in [0, 0.1) is 45.3 Å². The Morgan fingerprint density at radius 1 is 1.14 bits per heavy atom. The lowest BCUT2D eigenvalue weighted by Gasteiger charge is -2.46. The summed E-state index contributed by atoms with van der Waals surface area (Å²) in [4.78, 5) is 14.7. The van der Waals surface area contributed by atoms with Crippen LogP contribution >= 0.6 is 35.4 Å². The highest BCUT2D eigenvalue weighted by molar-refractivity contribution is 7.80. The molecular weight excluding hydrogens is 527 g/mol. The van der Waals surface area contributed by atoms with Crippen molar-refractivity contribution in [3.05, 3.63) is 92.6 Å². The lowest BCUT2D eigenvalue weighted by molar-refractivity contribution is 0.0976. The van der Waals surface area contributed by atoms with Gasteiger partial charge in [-0.3, -0.25) is 10.1 Å². The van der Waals surface area contributed by atoms with Crippen LogP contribution in [0.4, 0.5) is 0 Å². The number of nitrogens with one attached hydrogen (secondary N) is 2. The minimum atomic E-state index is -1.87. The molecule has 0 fully saturated rings. The van der Waals surface area contributed by atoms with E-state index in [0.717, 1.165) is 0 Å². The van der Waals surface area contributed by atoms with E-state index in [1.807, 2.05) is 18.0 Å². The van der Waals surface area contributed by atoms with Crippen molar-refractivity contribution in [1.82, 2.24) is 15.5 Å². The zero-order valence-corrected chi connectivity index (χ0v) is 22.0. The van der Waals surface area contributed by atoms with Crippen molar-refractivity contribution in [2.75, 3.05) is 20.1 Å². The Bertz CT molecular complexity index is 1450. The number of rotatable bonds is 3. The number of hydrogen-bond donors (Lipinski definition) is 2. The van der Waals surface area contributed by atoms with Crippen molar-refractivity contribution in [2.24, 2.45) is 11.3 Å². The average molecular weight is 547 g/mol. The monoisotopic (exact) mass is 546 g/mol. The molecule has 0 aromatic heterocycles. The van der Waals surface area contributed by atoms with Crippen LogP contribution in [0.15, 0.2) is 71.5 Å². The molecule has 0 saturated heterocycles. The van der Waals surface area contributed by atoms with Crippen LogP contribution in [0.5, 0.6) is 0 Å². The Kier molecular flexibility index (Phi) is 7.64. The van der Waals surface area contributed by atoms with Gasteiger partial charge >= 0.3 is 0 Å². The summed E-state index contributed by atoms with van der Waals surface area (Å²) >= 11 is 18.2. The molecule has 0 spiro atoms. The first-order valence-corrected chi connectivity index (χ1v) is 12.4. The quantitative estimate of drug-likeness (QED) is 0.536. The zero-order chi connectivity index (χ0) is 26.7. The highest BCUT2D eigenvalue weighted by atomic mass is 35.5. The maximum absolute atomic E-state index is 12.7. The first-order chi connectivity index (χ1) is 17.7. The van der Waals surface area contributed by atoms with E-state index in [0.29, 0.717) is 39.8 Å². The summed E-state index contributed by atoms with van der Waals surface area (Å²) in [5.41, 5.74) is -0.0846. The Morgan fingerprint density at radius 3 is 2.46 bits per heavy atom. The van der Waals surface area contributed by atoms with Crippen LogP contribution in [0.3, 0.4) is 0 Å². The molecule has 4 rings (SSSR count). The molecule has 7 nitrogen and oxygen atoms in total. The van der Waals surface area contributed by atoms with E-state index in [9.17, 15) is 20.6 Å². The normalized spacial score (nSPS) is 20.4. The van der Waals surface area contributed by atoms with Crippen LogP contribution in [0.1, 0.15) is 21.8 Å². The summed E-state index contributed by atoms with van der Waals surface area (Å²) in [7, 11) is 1.92. The van der Waals surface area contributed by atoms with Gasteiger partial charge in [0.1, 0.15) is 6.07 Å². The van der Waals surface area contributed by atoms with Crippen molar-refractivity contribution < 1.29 is 4.79 Å². The SMILES string of the molecule is CN1CC=C2C(C#N)=C(NC(=S)NC(=O)c3ccccc3)C(C#N)(C#N)[C@H](c3ccc(Cl)cc3Cl)[C@@H]2C1. The maximum Gasteiger partial charge on any atom is 0.257 e. The van der Waals surface area contributed by atoms with Crippen molar-refractivity contribution in [1.29, 1.82) is 15.8 Å². The number of nitrogens with zero attached hydrogens (tertiary/aromatic N) is 4. The van der Waals surface area contributed by atoms with Gasteiger partial charge in [0, 0.05) is 40.5 Å². The molecule has 2 N–H and O–H groups in total. The number of carbonyl (C=O) groups is 1. The molecule has 184 valence electrons. The summed E-state index contributed by atoms with van der Waals surface area (Å²) in [5.74, 6) is -1.61. The maximum atomic E-state index is 12.7. The Hall–Kier alpha value is -3.71. The smallest absolute Gasteiger partial charge is 0.257 e. The number of benzene rings is 2. The number of amides is 1. The van der Waals surface area contributed by atoms with Gasteiger partial charge in [0.25, 0.3) is 5.91 Å². The predicted octanol–water partition coefficient (Wildman–Crippen LogP) is 4.69. The summed E-state index contributed by atoms with van der Waals surface area (Å²) < 4.78 is 0. The van der Waals surface area contributed by atoms with E-state index in [-0.39, 0.29) is 22.3 Å². The van der Waals surface area contributed by atoms with Crippen LogP contribution < -0.4 is 10.6 Å². The molecule has 0 unspecified atom stereocenters. The number of halogens is 2. The average Bonchev–Trinajstić information content (AvgIpc) is 2.89. The van der Waals surface area contributed by atoms with E-state index in [2.05, 4.69) is 28.8 Å². The van der Waals surface area contributed by atoms with Crippen LogP contribution in [0.25, 0.3) is 0 Å². The first-order valence-electron chi connectivity index (χ1n) is 11.2. The van der Waals surface area contributed by atoms with Crippen LogP contribution in [0.2, 0.25) is 10.0 Å². The second kappa shape index (κ2) is 10.7. The number of fused-ring (bicyclic) bond motifs is 1. The minimum absolute atomic E-state index is 0.0152.